The van der Waals surface area contributed by atoms with E-state index < -0.39 is 11.6 Å². The fourth-order valence-corrected chi connectivity index (χ4v) is 2.06. The average Bonchev–Trinajstić information content (AvgIpc) is 2.38. The SMILES string of the molecule is C=CCCCCCC(NC)c1cccc(F)c1F. The Labute approximate surface area is 108 Å². The van der Waals surface area contributed by atoms with Crippen LogP contribution in [0.25, 0.3) is 0 Å². The number of hydrogen-bond acceptors (Lipinski definition) is 1. The molecule has 0 radical (unpaired) electrons. The molecule has 18 heavy (non-hydrogen) atoms. The summed E-state index contributed by atoms with van der Waals surface area (Å²) in [4.78, 5) is 0. The van der Waals surface area contributed by atoms with Crippen molar-refractivity contribution in [1.29, 1.82) is 0 Å². The molecule has 0 saturated heterocycles. The van der Waals surface area contributed by atoms with Crippen molar-refractivity contribution >= 4 is 0 Å². The molecule has 1 aromatic carbocycles. The lowest BCUT2D eigenvalue weighted by Gasteiger charge is -2.17. The van der Waals surface area contributed by atoms with Gasteiger partial charge in [-0.2, -0.15) is 0 Å². The van der Waals surface area contributed by atoms with Gasteiger partial charge in [-0.1, -0.05) is 31.1 Å². The molecule has 1 nitrogen and oxygen atoms in total. The lowest BCUT2D eigenvalue weighted by molar-refractivity contribution is 0.452. The molecule has 0 heterocycles. The van der Waals surface area contributed by atoms with Gasteiger partial charge in [-0.3, -0.25) is 0 Å². The zero-order valence-electron chi connectivity index (χ0n) is 10.9. The van der Waals surface area contributed by atoms with Crippen LogP contribution in [-0.4, -0.2) is 7.05 Å². The molecule has 0 bridgehead atoms. The number of halogens is 2. The first-order chi connectivity index (χ1) is 8.70. The van der Waals surface area contributed by atoms with Crippen LogP contribution in [0.3, 0.4) is 0 Å². The van der Waals surface area contributed by atoms with Gasteiger partial charge in [0.25, 0.3) is 0 Å². The molecular formula is C15H21F2N. The maximum absolute atomic E-state index is 13.6. The van der Waals surface area contributed by atoms with Crippen molar-refractivity contribution in [3.05, 3.63) is 48.1 Å². The Balaban J connectivity index is 2.55. The quantitative estimate of drug-likeness (QED) is 0.536. The van der Waals surface area contributed by atoms with Crippen LogP contribution in [-0.2, 0) is 0 Å². The van der Waals surface area contributed by atoms with Crippen LogP contribution in [0, 0.1) is 11.6 Å². The van der Waals surface area contributed by atoms with Crippen LogP contribution in [0.1, 0.15) is 43.7 Å². The van der Waals surface area contributed by atoms with Crippen LogP contribution in [0.4, 0.5) is 8.78 Å². The van der Waals surface area contributed by atoms with Crippen LogP contribution in [0.5, 0.6) is 0 Å². The van der Waals surface area contributed by atoms with Gasteiger partial charge < -0.3 is 5.32 Å². The Morgan fingerprint density at radius 3 is 2.72 bits per heavy atom. The minimum Gasteiger partial charge on any atom is -0.313 e. The summed E-state index contributed by atoms with van der Waals surface area (Å²) in [6.45, 7) is 3.67. The van der Waals surface area contributed by atoms with Gasteiger partial charge >= 0.3 is 0 Å². The molecule has 100 valence electrons. The van der Waals surface area contributed by atoms with Gasteiger partial charge in [0, 0.05) is 11.6 Å². The molecule has 0 aliphatic heterocycles. The summed E-state index contributed by atoms with van der Waals surface area (Å²) < 4.78 is 26.8. The third kappa shape index (κ3) is 4.22. The Morgan fingerprint density at radius 1 is 1.28 bits per heavy atom. The van der Waals surface area contributed by atoms with E-state index >= 15 is 0 Å². The van der Waals surface area contributed by atoms with Gasteiger partial charge in [-0.25, -0.2) is 8.78 Å². The molecule has 1 aromatic rings. The van der Waals surface area contributed by atoms with E-state index in [-0.39, 0.29) is 6.04 Å². The van der Waals surface area contributed by atoms with Crippen molar-refractivity contribution in [2.45, 2.75) is 38.1 Å². The van der Waals surface area contributed by atoms with E-state index in [1.807, 2.05) is 6.08 Å². The summed E-state index contributed by atoms with van der Waals surface area (Å²) >= 11 is 0. The van der Waals surface area contributed by atoms with Crippen molar-refractivity contribution in [2.75, 3.05) is 7.05 Å². The molecule has 0 aliphatic rings. The Kier molecular flexibility index (Phi) is 6.58. The van der Waals surface area contributed by atoms with E-state index in [1.165, 1.54) is 0 Å². The van der Waals surface area contributed by atoms with Crippen molar-refractivity contribution in [3.63, 3.8) is 0 Å². The predicted molar refractivity (Wildman–Crippen MR) is 71.4 cm³/mol. The smallest absolute Gasteiger partial charge is 0.163 e. The highest BCUT2D eigenvalue weighted by Gasteiger charge is 2.15. The lowest BCUT2D eigenvalue weighted by atomic mass is 9.99. The fraction of sp³-hybridized carbons (Fsp3) is 0.467. The highest BCUT2D eigenvalue weighted by Crippen LogP contribution is 2.23. The van der Waals surface area contributed by atoms with Gasteiger partial charge in [0.05, 0.1) is 0 Å². The number of nitrogens with one attached hydrogen (secondary N) is 1. The topological polar surface area (TPSA) is 12.0 Å². The minimum atomic E-state index is -0.778. The first-order valence-electron chi connectivity index (χ1n) is 6.42. The van der Waals surface area contributed by atoms with Crippen molar-refractivity contribution in [1.82, 2.24) is 5.32 Å². The molecule has 0 aromatic heterocycles. The monoisotopic (exact) mass is 253 g/mol. The minimum absolute atomic E-state index is 0.121. The van der Waals surface area contributed by atoms with E-state index in [4.69, 9.17) is 0 Å². The molecule has 1 rings (SSSR count). The Hall–Kier alpha value is -1.22. The maximum atomic E-state index is 13.6. The Morgan fingerprint density at radius 2 is 2.06 bits per heavy atom. The van der Waals surface area contributed by atoms with Crippen LogP contribution in [0.2, 0.25) is 0 Å². The maximum Gasteiger partial charge on any atom is 0.163 e. The van der Waals surface area contributed by atoms with Gasteiger partial charge in [0.2, 0.25) is 0 Å². The summed E-state index contributed by atoms with van der Waals surface area (Å²) in [5, 5.41) is 3.05. The van der Waals surface area contributed by atoms with Gasteiger partial charge in [-0.05, 0) is 32.4 Å². The number of unbranched alkanes of at least 4 members (excludes halogenated alkanes) is 3. The summed E-state index contributed by atoms with van der Waals surface area (Å²) in [6.07, 6.45) is 6.91. The first kappa shape index (κ1) is 14.8. The average molecular weight is 253 g/mol. The van der Waals surface area contributed by atoms with Crippen molar-refractivity contribution < 1.29 is 8.78 Å². The molecule has 3 heteroatoms. The second kappa shape index (κ2) is 7.98. The standard InChI is InChI=1S/C15H21F2N/c1-3-4-5-6-7-11-14(18-2)12-9-8-10-13(16)15(12)17/h3,8-10,14,18H,1,4-7,11H2,2H3. The second-order valence-corrected chi connectivity index (χ2v) is 4.41. The van der Waals surface area contributed by atoms with E-state index in [2.05, 4.69) is 11.9 Å². The number of hydrogen-bond donors (Lipinski definition) is 1. The molecular weight excluding hydrogens is 232 g/mol. The fourth-order valence-electron chi connectivity index (χ4n) is 2.06. The van der Waals surface area contributed by atoms with Gasteiger partial charge in [0.1, 0.15) is 0 Å². The lowest BCUT2D eigenvalue weighted by Crippen LogP contribution is -2.18. The van der Waals surface area contributed by atoms with E-state index in [0.29, 0.717) is 5.56 Å². The third-order valence-electron chi connectivity index (χ3n) is 3.11. The van der Waals surface area contributed by atoms with E-state index in [9.17, 15) is 8.78 Å². The number of allylic oxidation sites excluding steroid dienone is 1. The predicted octanol–water partition coefficient (Wildman–Crippen LogP) is 4.36. The van der Waals surface area contributed by atoms with Gasteiger partial charge in [-0.15, -0.1) is 6.58 Å². The van der Waals surface area contributed by atoms with Crippen molar-refractivity contribution in [2.24, 2.45) is 0 Å². The molecule has 0 fully saturated rings. The summed E-state index contributed by atoms with van der Waals surface area (Å²) in [5.74, 6) is -1.51. The highest BCUT2D eigenvalue weighted by atomic mass is 19.2. The summed E-state index contributed by atoms with van der Waals surface area (Å²) in [5.41, 5.74) is 0.418. The molecule has 1 N–H and O–H groups in total. The van der Waals surface area contributed by atoms with Crippen molar-refractivity contribution in [3.8, 4) is 0 Å². The van der Waals surface area contributed by atoms with Crippen LogP contribution >= 0.6 is 0 Å². The van der Waals surface area contributed by atoms with E-state index in [1.54, 1.807) is 19.2 Å². The van der Waals surface area contributed by atoms with Crippen LogP contribution < -0.4 is 5.32 Å². The summed E-state index contributed by atoms with van der Waals surface area (Å²) in [6, 6.07) is 4.22. The molecule has 1 atom stereocenters. The molecule has 0 amide bonds. The zero-order valence-corrected chi connectivity index (χ0v) is 10.9. The molecule has 0 aliphatic carbocycles. The molecule has 0 saturated carbocycles. The largest absolute Gasteiger partial charge is 0.313 e. The Bertz CT molecular complexity index is 377. The normalized spacial score (nSPS) is 12.4. The van der Waals surface area contributed by atoms with Crippen LogP contribution in [0.15, 0.2) is 30.9 Å². The second-order valence-electron chi connectivity index (χ2n) is 4.41. The molecule has 1 unspecified atom stereocenters. The third-order valence-corrected chi connectivity index (χ3v) is 3.11. The highest BCUT2D eigenvalue weighted by molar-refractivity contribution is 5.22. The first-order valence-corrected chi connectivity index (χ1v) is 6.42. The van der Waals surface area contributed by atoms with Gasteiger partial charge in [0.15, 0.2) is 11.6 Å². The van der Waals surface area contributed by atoms with E-state index in [0.717, 1.165) is 38.2 Å². The number of rotatable bonds is 8. The summed E-state index contributed by atoms with van der Waals surface area (Å²) in [7, 11) is 1.78. The number of benzene rings is 1. The zero-order chi connectivity index (χ0) is 13.4. The molecule has 0 spiro atoms.